The van der Waals surface area contributed by atoms with Gasteiger partial charge in [0.05, 0.1) is 23.9 Å². The molecule has 2 unspecified atom stereocenters. The lowest BCUT2D eigenvalue weighted by Crippen LogP contribution is -2.49. The zero-order valence-electron chi connectivity index (χ0n) is 24.0. The van der Waals surface area contributed by atoms with Gasteiger partial charge in [-0.05, 0) is 87.9 Å². The Bertz CT molecular complexity index is 1390. The molecule has 3 aromatic rings. The average Bonchev–Trinajstić information content (AvgIpc) is 3.30. The number of fused-ring (bicyclic) bond motifs is 1. The normalized spacial score (nSPS) is 15.0. The molecular weight excluding hydrogens is 540 g/mol. The second-order valence-corrected chi connectivity index (χ2v) is 11.6. The van der Waals surface area contributed by atoms with Crippen LogP contribution in [0.1, 0.15) is 49.2 Å². The van der Waals surface area contributed by atoms with Crippen molar-refractivity contribution in [1.82, 2.24) is 0 Å². The van der Waals surface area contributed by atoms with Gasteiger partial charge in [0.15, 0.2) is 0 Å². The first-order chi connectivity index (χ1) is 19.6. The van der Waals surface area contributed by atoms with Crippen molar-refractivity contribution in [3.05, 3.63) is 89.5 Å². The van der Waals surface area contributed by atoms with E-state index in [0.29, 0.717) is 35.7 Å². The summed E-state index contributed by atoms with van der Waals surface area (Å²) < 4.78 is 16.9. The maximum atomic E-state index is 13.6. The van der Waals surface area contributed by atoms with E-state index in [0.717, 1.165) is 11.1 Å². The SMILES string of the molecule is CCOC(=O)c1cccc(NC(=O)C(SC)C2Cc3cc(OCc4ccccc4)ccc3N2C(=O)OC(C)(C)C)c1. The highest BCUT2D eigenvalue weighted by atomic mass is 32.2. The van der Waals surface area contributed by atoms with Crippen LogP contribution in [0.2, 0.25) is 0 Å². The summed E-state index contributed by atoms with van der Waals surface area (Å²) in [7, 11) is 0. The quantitative estimate of drug-likeness (QED) is 0.292. The Morgan fingerprint density at radius 2 is 1.78 bits per heavy atom. The molecule has 41 heavy (non-hydrogen) atoms. The molecular formula is C32H36N2O6S. The highest BCUT2D eigenvalue weighted by molar-refractivity contribution is 8.00. The van der Waals surface area contributed by atoms with Gasteiger partial charge in [-0.15, -0.1) is 11.8 Å². The van der Waals surface area contributed by atoms with Crippen LogP contribution in [-0.4, -0.2) is 47.7 Å². The Labute approximate surface area is 245 Å². The Morgan fingerprint density at radius 3 is 2.46 bits per heavy atom. The van der Waals surface area contributed by atoms with Gasteiger partial charge in [-0.1, -0.05) is 36.4 Å². The molecule has 0 radical (unpaired) electrons. The van der Waals surface area contributed by atoms with Crippen molar-refractivity contribution in [3.63, 3.8) is 0 Å². The predicted octanol–water partition coefficient (Wildman–Crippen LogP) is 6.48. The highest BCUT2D eigenvalue weighted by Crippen LogP contribution is 2.39. The molecule has 0 aliphatic carbocycles. The smallest absolute Gasteiger partial charge is 0.415 e. The molecule has 0 fully saturated rings. The molecule has 1 heterocycles. The number of nitrogens with one attached hydrogen (secondary N) is 1. The van der Waals surface area contributed by atoms with Gasteiger partial charge in [0.2, 0.25) is 5.91 Å². The third-order valence-electron chi connectivity index (χ3n) is 6.41. The van der Waals surface area contributed by atoms with Crippen LogP contribution in [0.25, 0.3) is 0 Å². The minimum absolute atomic E-state index is 0.256. The van der Waals surface area contributed by atoms with Gasteiger partial charge in [0.1, 0.15) is 23.2 Å². The molecule has 2 amide bonds. The summed E-state index contributed by atoms with van der Waals surface area (Å²) in [5.41, 5.74) is 2.73. The number of hydrogen-bond acceptors (Lipinski definition) is 7. The fraction of sp³-hybridized carbons (Fsp3) is 0.344. The molecule has 0 spiro atoms. The molecule has 0 saturated carbocycles. The van der Waals surface area contributed by atoms with E-state index in [1.54, 1.807) is 36.1 Å². The minimum Gasteiger partial charge on any atom is -0.489 e. The third-order valence-corrected chi connectivity index (χ3v) is 7.45. The van der Waals surface area contributed by atoms with Crippen LogP contribution in [0.15, 0.2) is 72.8 Å². The number of rotatable bonds is 9. The first kappa shape index (κ1) is 30.0. The monoisotopic (exact) mass is 576 g/mol. The molecule has 216 valence electrons. The first-order valence-electron chi connectivity index (χ1n) is 13.5. The van der Waals surface area contributed by atoms with Crippen LogP contribution in [0.5, 0.6) is 5.75 Å². The molecule has 0 aromatic heterocycles. The van der Waals surface area contributed by atoms with Crippen LogP contribution in [-0.2, 0) is 27.3 Å². The number of carbonyl (C=O) groups is 3. The first-order valence-corrected chi connectivity index (χ1v) is 14.8. The van der Waals surface area contributed by atoms with Gasteiger partial charge in [-0.2, -0.15) is 0 Å². The van der Waals surface area contributed by atoms with Crippen molar-refractivity contribution in [1.29, 1.82) is 0 Å². The van der Waals surface area contributed by atoms with Crippen molar-refractivity contribution in [2.45, 2.75) is 57.6 Å². The molecule has 4 rings (SSSR count). The van der Waals surface area contributed by atoms with E-state index in [1.165, 1.54) is 11.8 Å². The van der Waals surface area contributed by atoms with Crippen molar-refractivity contribution >= 4 is 41.1 Å². The molecule has 1 aliphatic rings. The Kier molecular flexibility index (Phi) is 9.60. The lowest BCUT2D eigenvalue weighted by atomic mass is 10.1. The molecule has 8 nitrogen and oxygen atoms in total. The largest absolute Gasteiger partial charge is 0.489 e. The zero-order chi connectivity index (χ0) is 29.6. The van der Waals surface area contributed by atoms with Crippen molar-refractivity contribution < 1.29 is 28.6 Å². The predicted molar refractivity (Wildman–Crippen MR) is 162 cm³/mol. The van der Waals surface area contributed by atoms with Crippen LogP contribution in [0, 0.1) is 0 Å². The fourth-order valence-corrected chi connectivity index (χ4v) is 5.47. The molecule has 1 N–H and O–H groups in total. The Hall–Kier alpha value is -3.98. The van der Waals surface area contributed by atoms with Gasteiger partial charge >= 0.3 is 12.1 Å². The van der Waals surface area contributed by atoms with E-state index in [2.05, 4.69) is 5.32 Å². The maximum Gasteiger partial charge on any atom is 0.415 e. The molecule has 1 aliphatic heterocycles. The summed E-state index contributed by atoms with van der Waals surface area (Å²) in [5, 5.41) is 2.29. The van der Waals surface area contributed by atoms with Gasteiger partial charge in [-0.3, -0.25) is 9.69 Å². The maximum absolute atomic E-state index is 13.6. The lowest BCUT2D eigenvalue weighted by Gasteiger charge is -2.32. The number of anilines is 2. The summed E-state index contributed by atoms with van der Waals surface area (Å²) in [6, 6.07) is 21.6. The topological polar surface area (TPSA) is 94.2 Å². The van der Waals surface area contributed by atoms with E-state index in [-0.39, 0.29) is 12.5 Å². The van der Waals surface area contributed by atoms with Gasteiger partial charge in [0, 0.05) is 5.69 Å². The number of thioether (sulfide) groups is 1. The minimum atomic E-state index is -0.715. The molecule has 3 aromatic carbocycles. The number of esters is 1. The number of nitrogens with zero attached hydrogens (tertiary/aromatic N) is 1. The number of ether oxygens (including phenoxy) is 3. The van der Waals surface area contributed by atoms with Crippen molar-refractivity contribution in [3.8, 4) is 5.75 Å². The van der Waals surface area contributed by atoms with E-state index in [1.807, 2.05) is 75.6 Å². The van der Waals surface area contributed by atoms with Gasteiger partial charge < -0.3 is 19.5 Å². The number of benzene rings is 3. The lowest BCUT2D eigenvalue weighted by molar-refractivity contribution is -0.116. The van der Waals surface area contributed by atoms with E-state index < -0.39 is 29.0 Å². The summed E-state index contributed by atoms with van der Waals surface area (Å²) in [5.74, 6) is -0.0682. The Morgan fingerprint density at radius 1 is 1.02 bits per heavy atom. The summed E-state index contributed by atoms with van der Waals surface area (Å²) >= 11 is 1.35. The standard InChI is InChI=1S/C32H36N2O6S/c1-6-38-30(36)22-13-10-14-24(17-22)33-29(35)28(41-5)27-19-23-18-25(39-20-21-11-8-7-9-12-21)15-16-26(23)34(27)31(37)40-32(2,3)4/h7-18,27-28H,6,19-20H2,1-5H3,(H,33,35). The number of hydrogen-bond donors (Lipinski definition) is 1. The van der Waals surface area contributed by atoms with Crippen LogP contribution < -0.4 is 15.0 Å². The van der Waals surface area contributed by atoms with Crippen LogP contribution in [0.4, 0.5) is 16.2 Å². The van der Waals surface area contributed by atoms with E-state index in [4.69, 9.17) is 14.2 Å². The number of amides is 2. The summed E-state index contributed by atoms with van der Waals surface area (Å²) in [4.78, 5) is 40.9. The van der Waals surface area contributed by atoms with E-state index >= 15 is 0 Å². The fourth-order valence-electron chi connectivity index (χ4n) is 4.66. The second kappa shape index (κ2) is 13.1. The molecule has 9 heteroatoms. The Balaban J connectivity index is 1.58. The second-order valence-electron chi connectivity index (χ2n) is 10.6. The summed E-state index contributed by atoms with van der Waals surface area (Å²) in [6.07, 6.45) is 1.76. The molecule has 2 atom stereocenters. The van der Waals surface area contributed by atoms with Gasteiger partial charge in [-0.25, -0.2) is 9.59 Å². The molecule has 0 bridgehead atoms. The third kappa shape index (κ3) is 7.61. The number of carbonyl (C=O) groups excluding carboxylic acids is 3. The van der Waals surface area contributed by atoms with Gasteiger partial charge in [0.25, 0.3) is 0 Å². The highest BCUT2D eigenvalue weighted by Gasteiger charge is 2.43. The average molecular weight is 577 g/mol. The van der Waals surface area contributed by atoms with Crippen molar-refractivity contribution in [2.24, 2.45) is 0 Å². The molecule has 0 saturated heterocycles. The van der Waals surface area contributed by atoms with Crippen LogP contribution in [0.3, 0.4) is 0 Å². The zero-order valence-corrected chi connectivity index (χ0v) is 24.8. The van der Waals surface area contributed by atoms with Crippen LogP contribution >= 0.6 is 11.8 Å². The van der Waals surface area contributed by atoms with E-state index in [9.17, 15) is 14.4 Å². The van der Waals surface area contributed by atoms with Crippen molar-refractivity contribution in [2.75, 3.05) is 23.1 Å². The summed E-state index contributed by atoms with van der Waals surface area (Å²) in [6.45, 7) is 7.85.